The highest BCUT2D eigenvalue weighted by Gasteiger charge is 2.38. The van der Waals surface area contributed by atoms with Gasteiger partial charge in [0.2, 0.25) is 10.0 Å². The lowest BCUT2D eigenvalue weighted by Crippen LogP contribution is -2.45. The van der Waals surface area contributed by atoms with Crippen LogP contribution in [0.25, 0.3) is 0 Å². The Kier molecular flexibility index (Phi) is 5.45. The maximum absolute atomic E-state index is 13.6. The molecule has 0 radical (unpaired) electrons. The van der Waals surface area contributed by atoms with Gasteiger partial charge in [0.05, 0.1) is 16.3 Å². The molecule has 8 nitrogen and oxygen atoms in total. The fraction of sp³-hybridized carbons (Fsp3) is 0.130. The molecule has 3 N–H and O–H groups in total. The minimum absolute atomic E-state index is 0.155. The first kappa shape index (κ1) is 21.5. The second-order valence-electron chi connectivity index (χ2n) is 7.64. The van der Waals surface area contributed by atoms with Crippen molar-refractivity contribution in [3.05, 3.63) is 83.9 Å². The number of primary sulfonamides is 1. The van der Waals surface area contributed by atoms with Crippen molar-refractivity contribution in [2.75, 3.05) is 29.2 Å². The third kappa shape index (κ3) is 3.95. The molecule has 0 bridgehead atoms. The van der Waals surface area contributed by atoms with Gasteiger partial charge in [0, 0.05) is 25.3 Å². The van der Waals surface area contributed by atoms with E-state index in [1.165, 1.54) is 23.1 Å². The van der Waals surface area contributed by atoms with Gasteiger partial charge in [-0.3, -0.25) is 14.5 Å². The quantitative estimate of drug-likeness (QED) is 0.635. The number of hydrogen-bond donors (Lipinski definition) is 2. The smallest absolute Gasteiger partial charge is 0.259 e. The fourth-order valence-electron chi connectivity index (χ4n) is 3.66. The lowest BCUT2D eigenvalue weighted by molar-refractivity contribution is -0.117. The summed E-state index contributed by atoms with van der Waals surface area (Å²) in [5, 5.41) is 7.96. The Morgan fingerprint density at radius 1 is 1.00 bits per heavy atom. The van der Waals surface area contributed by atoms with Gasteiger partial charge < -0.3 is 10.2 Å². The monoisotopic (exact) mass is 450 g/mol. The predicted octanol–water partition coefficient (Wildman–Crippen LogP) is 2.74. The van der Waals surface area contributed by atoms with Gasteiger partial charge in [-0.15, -0.1) is 0 Å². The molecule has 2 amide bonds. The minimum Gasteiger partial charge on any atom is -0.378 e. The average molecular weight is 451 g/mol. The molecule has 1 aliphatic heterocycles. The van der Waals surface area contributed by atoms with Crippen LogP contribution in [-0.4, -0.2) is 34.3 Å². The van der Waals surface area contributed by atoms with E-state index < -0.39 is 22.0 Å². The Hall–Kier alpha value is -3.69. The van der Waals surface area contributed by atoms with Crippen molar-refractivity contribution in [1.29, 1.82) is 0 Å². The van der Waals surface area contributed by atoms with Crippen molar-refractivity contribution in [3.8, 4) is 0 Å². The average Bonchev–Trinajstić information content (AvgIpc) is 2.77. The van der Waals surface area contributed by atoms with E-state index in [0.29, 0.717) is 16.8 Å². The molecule has 1 unspecified atom stereocenters. The number of anilines is 3. The molecule has 0 aliphatic carbocycles. The van der Waals surface area contributed by atoms with E-state index in [0.717, 1.165) is 5.69 Å². The van der Waals surface area contributed by atoms with E-state index in [9.17, 15) is 18.0 Å². The Labute approximate surface area is 186 Å². The first-order chi connectivity index (χ1) is 15.2. The van der Waals surface area contributed by atoms with Crippen LogP contribution < -0.4 is 20.3 Å². The summed E-state index contributed by atoms with van der Waals surface area (Å²) in [5.41, 5.74) is 2.53. The molecule has 32 heavy (non-hydrogen) atoms. The molecule has 0 spiro atoms. The number of hydrogen-bond acceptors (Lipinski definition) is 5. The molecule has 0 saturated carbocycles. The van der Waals surface area contributed by atoms with E-state index >= 15 is 0 Å². The Balaban J connectivity index is 1.86. The molecule has 0 fully saturated rings. The predicted molar refractivity (Wildman–Crippen MR) is 123 cm³/mol. The molecule has 0 aromatic heterocycles. The molecule has 1 atom stereocenters. The van der Waals surface area contributed by atoms with Gasteiger partial charge >= 0.3 is 0 Å². The largest absolute Gasteiger partial charge is 0.378 e. The topological polar surface area (TPSA) is 113 Å². The lowest BCUT2D eigenvalue weighted by Gasteiger charge is -2.37. The van der Waals surface area contributed by atoms with Crippen LogP contribution in [0.3, 0.4) is 0 Å². The zero-order chi connectivity index (χ0) is 23.0. The van der Waals surface area contributed by atoms with Gasteiger partial charge in [-0.05, 0) is 48.0 Å². The molecule has 1 heterocycles. The summed E-state index contributed by atoms with van der Waals surface area (Å²) in [7, 11) is -0.183. The minimum atomic E-state index is -3.98. The van der Waals surface area contributed by atoms with Crippen molar-refractivity contribution < 1.29 is 18.0 Å². The van der Waals surface area contributed by atoms with Crippen molar-refractivity contribution in [3.63, 3.8) is 0 Å². The zero-order valence-corrected chi connectivity index (χ0v) is 18.3. The first-order valence-electron chi connectivity index (χ1n) is 9.80. The van der Waals surface area contributed by atoms with E-state index in [1.54, 1.807) is 36.4 Å². The maximum atomic E-state index is 13.6. The second kappa shape index (κ2) is 8.10. The summed E-state index contributed by atoms with van der Waals surface area (Å²) in [6.45, 7) is 0. The van der Waals surface area contributed by atoms with E-state index in [2.05, 4.69) is 5.32 Å². The van der Waals surface area contributed by atoms with Crippen LogP contribution in [0.1, 0.15) is 22.0 Å². The molecule has 1 aliphatic rings. The summed E-state index contributed by atoms with van der Waals surface area (Å²) in [4.78, 5) is 29.9. The third-order valence-corrected chi connectivity index (χ3v) is 6.20. The molecule has 164 valence electrons. The maximum Gasteiger partial charge on any atom is 0.259 e. The number of benzene rings is 3. The summed E-state index contributed by atoms with van der Waals surface area (Å²) in [6, 6.07) is 19.1. The zero-order valence-electron chi connectivity index (χ0n) is 17.5. The third-order valence-electron chi connectivity index (χ3n) is 5.29. The van der Waals surface area contributed by atoms with Crippen molar-refractivity contribution in [2.24, 2.45) is 5.14 Å². The lowest BCUT2D eigenvalue weighted by atomic mass is 9.98. The molecule has 4 rings (SSSR count). The van der Waals surface area contributed by atoms with Gasteiger partial charge in [-0.2, -0.15) is 0 Å². The highest BCUT2D eigenvalue weighted by Crippen LogP contribution is 2.40. The molecule has 0 saturated heterocycles. The number of carbonyl (C=O) groups is 2. The summed E-state index contributed by atoms with van der Waals surface area (Å²) in [6.07, 6.45) is 0. The Bertz CT molecular complexity index is 1290. The van der Waals surface area contributed by atoms with Gasteiger partial charge in [0.25, 0.3) is 11.8 Å². The van der Waals surface area contributed by atoms with Crippen LogP contribution >= 0.6 is 0 Å². The normalized spacial score (nSPS) is 15.7. The number of nitrogens with one attached hydrogen (secondary N) is 1. The van der Waals surface area contributed by atoms with Gasteiger partial charge in [0.15, 0.2) is 0 Å². The van der Waals surface area contributed by atoms with Crippen LogP contribution in [0.5, 0.6) is 0 Å². The van der Waals surface area contributed by atoms with Gasteiger partial charge in [-0.1, -0.05) is 30.3 Å². The van der Waals surface area contributed by atoms with E-state index in [-0.39, 0.29) is 16.5 Å². The van der Waals surface area contributed by atoms with Crippen molar-refractivity contribution >= 4 is 38.9 Å². The van der Waals surface area contributed by atoms with Crippen LogP contribution in [0, 0.1) is 0 Å². The number of amides is 2. The Morgan fingerprint density at radius 2 is 1.66 bits per heavy atom. The van der Waals surface area contributed by atoms with Crippen molar-refractivity contribution in [2.45, 2.75) is 10.9 Å². The summed E-state index contributed by atoms with van der Waals surface area (Å²) in [5.74, 6) is -0.836. The van der Waals surface area contributed by atoms with E-state index in [4.69, 9.17) is 5.14 Å². The van der Waals surface area contributed by atoms with Crippen LogP contribution in [-0.2, 0) is 14.8 Å². The molecular formula is C23H22N4O4S. The highest BCUT2D eigenvalue weighted by atomic mass is 32.2. The van der Waals surface area contributed by atoms with Crippen molar-refractivity contribution in [1.82, 2.24) is 0 Å². The standard InChI is InChI=1S/C23H22N4O4S/c1-26(2)17-10-8-16(9-11-17)23(29)27-20-13-12-18(32(24,30)31)14-19(20)25-22(28)21(27)15-6-4-3-5-7-15/h3-14,21H,1-2H3,(H,25,28)(H2,24,30,31). The number of carbonyl (C=O) groups excluding carboxylic acids is 2. The number of nitrogens with two attached hydrogens (primary N) is 1. The molecule has 3 aromatic rings. The molecule has 3 aromatic carbocycles. The molecule has 9 heteroatoms. The molecular weight excluding hydrogens is 428 g/mol. The number of fused-ring (bicyclic) bond motifs is 1. The fourth-order valence-corrected chi connectivity index (χ4v) is 4.20. The number of nitrogens with zero attached hydrogens (tertiary/aromatic N) is 2. The second-order valence-corrected chi connectivity index (χ2v) is 9.20. The first-order valence-corrected chi connectivity index (χ1v) is 11.3. The Morgan fingerprint density at radius 3 is 2.25 bits per heavy atom. The highest BCUT2D eigenvalue weighted by molar-refractivity contribution is 7.89. The van der Waals surface area contributed by atoms with Crippen LogP contribution in [0.2, 0.25) is 0 Å². The SMILES string of the molecule is CN(C)c1ccc(C(=O)N2c3ccc(S(N)(=O)=O)cc3NC(=O)C2c2ccccc2)cc1. The number of rotatable bonds is 4. The summed E-state index contributed by atoms with van der Waals surface area (Å²) < 4.78 is 23.6. The van der Waals surface area contributed by atoms with Crippen LogP contribution in [0.15, 0.2) is 77.7 Å². The van der Waals surface area contributed by atoms with E-state index in [1.807, 2.05) is 37.2 Å². The van der Waals surface area contributed by atoms with Gasteiger partial charge in [-0.25, -0.2) is 13.6 Å². The van der Waals surface area contributed by atoms with Crippen LogP contribution in [0.4, 0.5) is 17.1 Å². The number of sulfonamides is 1. The van der Waals surface area contributed by atoms with Gasteiger partial charge in [0.1, 0.15) is 6.04 Å². The summed E-state index contributed by atoms with van der Waals surface area (Å²) >= 11 is 0.